The van der Waals surface area contributed by atoms with Gasteiger partial charge in [-0.3, -0.25) is 4.98 Å². The normalized spacial score (nSPS) is 20.3. The van der Waals surface area contributed by atoms with Gasteiger partial charge in [0.25, 0.3) is 0 Å². The Kier molecular flexibility index (Phi) is 3.24. The van der Waals surface area contributed by atoms with Gasteiger partial charge in [-0.05, 0) is 45.2 Å². The molecule has 0 unspecified atom stereocenters. The number of rotatable bonds is 2. The summed E-state index contributed by atoms with van der Waals surface area (Å²) in [6.45, 7) is 8.23. The van der Waals surface area contributed by atoms with E-state index in [1.807, 2.05) is 12.1 Å². The van der Waals surface area contributed by atoms with Gasteiger partial charge in [0.05, 0.1) is 16.8 Å². The molecule has 104 valence electrons. The van der Waals surface area contributed by atoms with E-state index in [1.54, 1.807) is 17.5 Å². The van der Waals surface area contributed by atoms with E-state index in [-0.39, 0.29) is 11.2 Å². The van der Waals surface area contributed by atoms with Crippen LogP contribution in [-0.2, 0) is 9.31 Å². The second kappa shape index (κ2) is 4.69. The number of thiophene rings is 1. The zero-order valence-electron chi connectivity index (χ0n) is 12.2. The van der Waals surface area contributed by atoms with Gasteiger partial charge in [-0.15, -0.1) is 11.3 Å². The van der Waals surface area contributed by atoms with Gasteiger partial charge in [-0.1, -0.05) is 12.1 Å². The monoisotopic (exact) mass is 287 g/mol. The van der Waals surface area contributed by atoms with Crippen LogP contribution in [0.3, 0.4) is 0 Å². The van der Waals surface area contributed by atoms with E-state index in [4.69, 9.17) is 9.31 Å². The van der Waals surface area contributed by atoms with Crippen LogP contribution in [0.15, 0.2) is 35.8 Å². The molecular weight excluding hydrogens is 269 g/mol. The van der Waals surface area contributed by atoms with Gasteiger partial charge in [0.1, 0.15) is 0 Å². The van der Waals surface area contributed by atoms with Gasteiger partial charge in [0.15, 0.2) is 0 Å². The Morgan fingerprint density at radius 1 is 1.05 bits per heavy atom. The van der Waals surface area contributed by atoms with Gasteiger partial charge in [0, 0.05) is 16.6 Å². The topological polar surface area (TPSA) is 31.4 Å². The quantitative estimate of drug-likeness (QED) is 0.795. The molecule has 3 nitrogen and oxygen atoms in total. The number of hydrogen-bond donors (Lipinski definition) is 0. The van der Waals surface area contributed by atoms with E-state index < -0.39 is 7.12 Å². The van der Waals surface area contributed by atoms with Gasteiger partial charge in [0.2, 0.25) is 0 Å². The van der Waals surface area contributed by atoms with Crippen molar-refractivity contribution in [2.24, 2.45) is 0 Å². The van der Waals surface area contributed by atoms with Gasteiger partial charge < -0.3 is 9.31 Å². The third-order valence-corrected chi connectivity index (χ3v) is 5.00. The zero-order chi connectivity index (χ0) is 14.4. The second-order valence-electron chi connectivity index (χ2n) is 6.00. The van der Waals surface area contributed by atoms with Crippen molar-refractivity contribution in [3.05, 3.63) is 35.8 Å². The summed E-state index contributed by atoms with van der Waals surface area (Å²) in [6, 6.07) is 8.15. The molecule has 1 aliphatic heterocycles. The van der Waals surface area contributed by atoms with Crippen LogP contribution in [0, 0.1) is 0 Å². The van der Waals surface area contributed by atoms with E-state index in [0.717, 1.165) is 11.2 Å². The van der Waals surface area contributed by atoms with Crippen molar-refractivity contribution < 1.29 is 9.31 Å². The molecule has 1 aliphatic rings. The summed E-state index contributed by atoms with van der Waals surface area (Å²) in [5, 5.41) is 2.07. The van der Waals surface area contributed by atoms with E-state index in [0.29, 0.717) is 0 Å². The summed E-state index contributed by atoms with van der Waals surface area (Å²) < 4.78 is 12.2. The first kappa shape index (κ1) is 13.8. The summed E-state index contributed by atoms with van der Waals surface area (Å²) in [7, 11) is -0.418. The lowest BCUT2D eigenvalue weighted by Crippen LogP contribution is -2.41. The van der Waals surface area contributed by atoms with Crippen LogP contribution >= 0.6 is 11.3 Å². The maximum Gasteiger partial charge on any atom is 0.515 e. The Balaban J connectivity index is 2.01. The number of nitrogens with zero attached hydrogens (tertiary/aromatic N) is 1. The van der Waals surface area contributed by atoms with Gasteiger partial charge in [-0.25, -0.2) is 0 Å². The predicted octanol–water partition coefficient (Wildman–Crippen LogP) is 3.11. The summed E-state index contributed by atoms with van der Waals surface area (Å²) >= 11 is 1.70. The van der Waals surface area contributed by atoms with Crippen LogP contribution in [0.5, 0.6) is 0 Å². The highest BCUT2D eigenvalue weighted by Crippen LogP contribution is 2.37. The largest absolute Gasteiger partial charge is 0.515 e. The minimum Gasteiger partial charge on any atom is -0.398 e. The van der Waals surface area contributed by atoms with Gasteiger partial charge in [-0.2, -0.15) is 0 Å². The third kappa shape index (κ3) is 2.20. The average Bonchev–Trinajstić information content (AvgIpc) is 2.97. The summed E-state index contributed by atoms with van der Waals surface area (Å²) in [6.07, 6.45) is 1.79. The minimum absolute atomic E-state index is 0.345. The molecule has 3 rings (SSSR count). The molecule has 2 aromatic rings. The van der Waals surface area contributed by atoms with Crippen LogP contribution in [-0.4, -0.2) is 23.3 Å². The Hall–Kier alpha value is -1.17. The first-order valence-electron chi connectivity index (χ1n) is 6.75. The van der Waals surface area contributed by atoms with Crippen LogP contribution < -0.4 is 5.59 Å². The Morgan fingerprint density at radius 3 is 2.35 bits per heavy atom. The lowest BCUT2D eigenvalue weighted by molar-refractivity contribution is 0.00578. The maximum absolute atomic E-state index is 6.11. The molecule has 0 aromatic carbocycles. The minimum atomic E-state index is -0.418. The lowest BCUT2D eigenvalue weighted by atomic mass is 9.80. The molecule has 0 bridgehead atoms. The van der Waals surface area contributed by atoms with Crippen molar-refractivity contribution in [3.8, 4) is 10.4 Å². The molecule has 1 saturated heterocycles. The first-order chi connectivity index (χ1) is 9.41. The fourth-order valence-corrected chi connectivity index (χ4v) is 2.96. The van der Waals surface area contributed by atoms with E-state index in [2.05, 4.69) is 50.2 Å². The molecule has 0 saturated carbocycles. The molecule has 20 heavy (non-hydrogen) atoms. The van der Waals surface area contributed by atoms with Crippen LogP contribution in [0.25, 0.3) is 10.4 Å². The molecule has 5 heteroatoms. The first-order valence-corrected chi connectivity index (χ1v) is 7.63. The molecule has 0 aliphatic carbocycles. The Labute approximate surface area is 124 Å². The average molecular weight is 287 g/mol. The molecule has 0 spiro atoms. The highest BCUT2D eigenvalue weighted by Gasteiger charge is 2.52. The highest BCUT2D eigenvalue weighted by molar-refractivity contribution is 7.13. The van der Waals surface area contributed by atoms with Crippen molar-refractivity contribution in [1.29, 1.82) is 0 Å². The highest BCUT2D eigenvalue weighted by atomic mass is 32.1. The molecule has 0 atom stereocenters. The van der Waals surface area contributed by atoms with Crippen molar-refractivity contribution >= 4 is 24.0 Å². The van der Waals surface area contributed by atoms with Crippen molar-refractivity contribution in [3.63, 3.8) is 0 Å². The van der Waals surface area contributed by atoms with Crippen LogP contribution in [0.2, 0.25) is 0 Å². The molecule has 0 radical (unpaired) electrons. The molecule has 2 aromatic heterocycles. The molecule has 1 fully saturated rings. The van der Waals surface area contributed by atoms with Crippen molar-refractivity contribution in [2.45, 2.75) is 38.9 Å². The summed E-state index contributed by atoms with van der Waals surface area (Å²) in [5.41, 5.74) is 1.25. The number of hydrogen-bond acceptors (Lipinski definition) is 4. The SMILES string of the molecule is CC1(C)OB(c2ncccc2-c2cccs2)OC1(C)C. The zero-order valence-corrected chi connectivity index (χ0v) is 13.0. The van der Waals surface area contributed by atoms with Crippen LogP contribution in [0.1, 0.15) is 27.7 Å². The third-order valence-electron chi connectivity index (χ3n) is 4.10. The number of pyridine rings is 1. The fourth-order valence-electron chi connectivity index (χ4n) is 2.20. The predicted molar refractivity (Wildman–Crippen MR) is 83.3 cm³/mol. The van der Waals surface area contributed by atoms with Crippen molar-refractivity contribution in [2.75, 3.05) is 0 Å². The van der Waals surface area contributed by atoms with E-state index in [1.165, 1.54) is 4.88 Å². The van der Waals surface area contributed by atoms with E-state index >= 15 is 0 Å². The molecule has 0 N–H and O–H groups in total. The van der Waals surface area contributed by atoms with Crippen molar-refractivity contribution in [1.82, 2.24) is 4.98 Å². The smallest absolute Gasteiger partial charge is 0.398 e. The molecule has 0 amide bonds. The van der Waals surface area contributed by atoms with Gasteiger partial charge >= 0.3 is 7.12 Å². The maximum atomic E-state index is 6.11. The van der Waals surface area contributed by atoms with E-state index in [9.17, 15) is 0 Å². The molecule has 3 heterocycles. The Morgan fingerprint density at radius 2 is 1.75 bits per heavy atom. The summed E-state index contributed by atoms with van der Waals surface area (Å²) in [5.74, 6) is 0. The van der Waals surface area contributed by atoms with Crippen LogP contribution in [0.4, 0.5) is 0 Å². The standard InChI is InChI=1S/C15H18BNO2S/c1-14(2)15(3,4)19-16(18-14)13-11(7-5-9-17-13)12-8-6-10-20-12/h5-10H,1-4H3. The Bertz CT molecular complexity index is 594. The number of aromatic nitrogens is 1. The molecular formula is C15H18BNO2S. The summed E-state index contributed by atoms with van der Waals surface area (Å²) in [4.78, 5) is 5.69. The fraction of sp³-hybridized carbons (Fsp3) is 0.400. The lowest BCUT2D eigenvalue weighted by Gasteiger charge is -2.32. The second-order valence-corrected chi connectivity index (χ2v) is 6.95.